The molecule has 1 aliphatic rings. The monoisotopic (exact) mass is 505 g/mol. The van der Waals surface area contributed by atoms with Crippen LogP contribution in [0.3, 0.4) is 0 Å². The van der Waals surface area contributed by atoms with Gasteiger partial charge in [-0.1, -0.05) is 51.5 Å². The Morgan fingerprint density at radius 1 is 0.972 bits per heavy atom. The molecule has 1 saturated carbocycles. The van der Waals surface area contributed by atoms with Crippen LogP contribution in [0.5, 0.6) is 0 Å². The third-order valence-electron chi connectivity index (χ3n) is 6.43. The van der Waals surface area contributed by atoms with Crippen LogP contribution >= 0.6 is 0 Å². The van der Waals surface area contributed by atoms with E-state index in [1.807, 2.05) is 0 Å². The van der Waals surface area contributed by atoms with Crippen molar-refractivity contribution in [3.8, 4) is 0 Å². The molecule has 1 N–H and O–H groups in total. The molecule has 0 bridgehead atoms. The number of ether oxygens (including phenoxy) is 2. The first-order valence-electron chi connectivity index (χ1n) is 11.9. The molecule has 1 fully saturated rings. The third-order valence-corrected chi connectivity index (χ3v) is 6.43. The average Bonchev–Trinajstić information content (AvgIpc) is 2.82. The van der Waals surface area contributed by atoms with E-state index in [-0.39, 0.29) is 23.1 Å². The molecule has 1 amide bonds. The molecule has 3 rings (SSSR count). The van der Waals surface area contributed by atoms with Gasteiger partial charge in [-0.05, 0) is 54.9 Å². The number of alkyl halides is 3. The van der Waals surface area contributed by atoms with Gasteiger partial charge in [0.15, 0.2) is 6.61 Å². The molecule has 3 atom stereocenters. The summed E-state index contributed by atoms with van der Waals surface area (Å²) in [5, 5.41) is 2.11. The van der Waals surface area contributed by atoms with Crippen molar-refractivity contribution in [1.82, 2.24) is 0 Å². The normalized spacial score (nSPS) is 20.0. The van der Waals surface area contributed by atoms with Gasteiger partial charge in [-0.3, -0.25) is 4.79 Å². The van der Waals surface area contributed by atoms with Gasteiger partial charge >= 0.3 is 18.1 Å². The van der Waals surface area contributed by atoms with Crippen molar-refractivity contribution >= 4 is 23.5 Å². The predicted molar refractivity (Wildman–Crippen MR) is 127 cm³/mol. The van der Waals surface area contributed by atoms with E-state index in [4.69, 9.17) is 9.47 Å². The van der Waals surface area contributed by atoms with E-state index in [1.54, 1.807) is 6.07 Å². The second-order valence-corrected chi connectivity index (χ2v) is 9.48. The molecular weight excluding hydrogens is 475 g/mol. The maximum atomic E-state index is 13.1. The maximum Gasteiger partial charge on any atom is 0.418 e. The van der Waals surface area contributed by atoms with Crippen LogP contribution in [-0.4, -0.2) is 30.6 Å². The van der Waals surface area contributed by atoms with Gasteiger partial charge in [0.2, 0.25) is 0 Å². The van der Waals surface area contributed by atoms with Crippen molar-refractivity contribution < 1.29 is 37.0 Å². The Balaban J connectivity index is 1.66. The van der Waals surface area contributed by atoms with Gasteiger partial charge in [-0.25, -0.2) is 9.59 Å². The molecule has 9 heteroatoms. The van der Waals surface area contributed by atoms with Crippen molar-refractivity contribution in [2.45, 2.75) is 52.3 Å². The number of carbonyl (C=O) groups excluding carboxylic acids is 3. The minimum Gasteiger partial charge on any atom is -0.458 e. The summed E-state index contributed by atoms with van der Waals surface area (Å²) in [4.78, 5) is 37.9. The molecule has 194 valence electrons. The Kier molecular flexibility index (Phi) is 8.76. The lowest BCUT2D eigenvalue weighted by Crippen LogP contribution is -2.36. The zero-order valence-corrected chi connectivity index (χ0v) is 20.4. The van der Waals surface area contributed by atoms with Crippen LogP contribution in [0.1, 0.15) is 66.3 Å². The van der Waals surface area contributed by atoms with Gasteiger partial charge in [-0.2, -0.15) is 13.2 Å². The molecule has 0 spiro atoms. The standard InChI is InChI=1S/C27H30F3NO5/c1-16(2)18-13-12-17(3)14-23(18)36-26(34)20-9-5-4-8-19(20)25(33)35-15-24(32)31-22-11-7-6-10-21(22)27(28,29)30/h4-11,16-18,23H,12-15H2,1-3H3,(H,31,32)/t17-,18-,23-/m1/s1. The quantitative estimate of drug-likeness (QED) is 0.459. The van der Waals surface area contributed by atoms with Gasteiger partial charge in [0.25, 0.3) is 5.91 Å². The molecule has 0 aliphatic heterocycles. The molecule has 6 nitrogen and oxygen atoms in total. The lowest BCUT2D eigenvalue weighted by Gasteiger charge is -2.36. The number of amides is 1. The summed E-state index contributed by atoms with van der Waals surface area (Å²) < 4.78 is 50.2. The van der Waals surface area contributed by atoms with E-state index < -0.39 is 41.9 Å². The number of hydrogen-bond acceptors (Lipinski definition) is 5. The van der Waals surface area contributed by atoms with E-state index in [2.05, 4.69) is 26.1 Å². The number of benzene rings is 2. The summed E-state index contributed by atoms with van der Waals surface area (Å²) in [5.74, 6) is -1.60. The number of anilines is 1. The minimum atomic E-state index is -4.66. The molecule has 0 heterocycles. The fraction of sp³-hybridized carbons (Fsp3) is 0.444. The number of rotatable bonds is 7. The Bertz CT molecular complexity index is 1100. The Hall–Kier alpha value is -3.36. The molecule has 0 aromatic heterocycles. The topological polar surface area (TPSA) is 81.7 Å². The van der Waals surface area contributed by atoms with Crippen LogP contribution in [-0.2, 0) is 20.4 Å². The highest BCUT2D eigenvalue weighted by molar-refractivity contribution is 6.04. The minimum absolute atomic E-state index is 0.00561. The van der Waals surface area contributed by atoms with Gasteiger partial charge in [0.1, 0.15) is 6.10 Å². The number of esters is 2. The van der Waals surface area contributed by atoms with Crippen molar-refractivity contribution in [3.05, 3.63) is 65.2 Å². The van der Waals surface area contributed by atoms with Crippen LogP contribution in [0.15, 0.2) is 48.5 Å². The van der Waals surface area contributed by atoms with Crippen molar-refractivity contribution in [2.75, 3.05) is 11.9 Å². The van der Waals surface area contributed by atoms with Gasteiger partial charge in [0.05, 0.1) is 22.4 Å². The largest absolute Gasteiger partial charge is 0.458 e. The van der Waals surface area contributed by atoms with Crippen LogP contribution in [0.25, 0.3) is 0 Å². The van der Waals surface area contributed by atoms with Crippen molar-refractivity contribution in [1.29, 1.82) is 0 Å². The third kappa shape index (κ3) is 6.86. The summed E-state index contributed by atoms with van der Waals surface area (Å²) in [6, 6.07) is 10.4. The number of halogens is 3. The van der Waals surface area contributed by atoms with Crippen LogP contribution in [0.2, 0.25) is 0 Å². The number of carbonyl (C=O) groups is 3. The Labute approximate surface area is 208 Å². The summed E-state index contributed by atoms with van der Waals surface area (Å²) in [7, 11) is 0. The smallest absolute Gasteiger partial charge is 0.418 e. The van der Waals surface area contributed by atoms with Gasteiger partial charge < -0.3 is 14.8 Å². The second-order valence-electron chi connectivity index (χ2n) is 9.48. The van der Waals surface area contributed by atoms with Gasteiger partial charge in [-0.15, -0.1) is 0 Å². The first-order valence-corrected chi connectivity index (χ1v) is 11.9. The second kappa shape index (κ2) is 11.6. The van der Waals surface area contributed by atoms with Crippen LogP contribution < -0.4 is 5.32 Å². The Morgan fingerprint density at radius 3 is 2.22 bits per heavy atom. The summed E-state index contributed by atoms with van der Waals surface area (Å²) in [6.45, 7) is 5.46. The van der Waals surface area contributed by atoms with Crippen molar-refractivity contribution in [2.24, 2.45) is 17.8 Å². The van der Waals surface area contributed by atoms with E-state index in [0.717, 1.165) is 31.4 Å². The zero-order chi connectivity index (χ0) is 26.5. The lowest BCUT2D eigenvalue weighted by atomic mass is 9.75. The lowest BCUT2D eigenvalue weighted by molar-refractivity contribution is -0.137. The molecule has 36 heavy (non-hydrogen) atoms. The number of para-hydroxylation sites is 1. The maximum absolute atomic E-state index is 13.1. The van der Waals surface area contributed by atoms with Crippen LogP contribution in [0, 0.1) is 17.8 Å². The van der Waals surface area contributed by atoms with Gasteiger partial charge in [0, 0.05) is 0 Å². The number of nitrogens with one attached hydrogen (secondary N) is 1. The first-order chi connectivity index (χ1) is 17.0. The fourth-order valence-corrected chi connectivity index (χ4v) is 4.52. The highest BCUT2D eigenvalue weighted by Crippen LogP contribution is 2.36. The molecule has 2 aromatic carbocycles. The van der Waals surface area contributed by atoms with E-state index in [1.165, 1.54) is 30.3 Å². The molecule has 0 unspecified atom stereocenters. The highest BCUT2D eigenvalue weighted by Gasteiger charge is 2.35. The van der Waals surface area contributed by atoms with E-state index in [0.29, 0.717) is 11.8 Å². The first kappa shape index (κ1) is 27.2. The summed E-state index contributed by atoms with van der Waals surface area (Å²) >= 11 is 0. The van der Waals surface area contributed by atoms with E-state index in [9.17, 15) is 27.6 Å². The zero-order valence-electron chi connectivity index (χ0n) is 20.4. The molecule has 2 aromatic rings. The fourth-order valence-electron chi connectivity index (χ4n) is 4.52. The summed E-state index contributed by atoms with van der Waals surface area (Å²) in [6.07, 6.45) is -2.18. The highest BCUT2D eigenvalue weighted by atomic mass is 19.4. The Morgan fingerprint density at radius 2 is 1.58 bits per heavy atom. The molecular formula is C27H30F3NO5. The average molecular weight is 506 g/mol. The summed E-state index contributed by atoms with van der Waals surface area (Å²) in [5.41, 5.74) is -1.55. The number of hydrogen-bond donors (Lipinski definition) is 1. The van der Waals surface area contributed by atoms with Crippen LogP contribution in [0.4, 0.5) is 18.9 Å². The van der Waals surface area contributed by atoms with E-state index >= 15 is 0 Å². The predicted octanol–water partition coefficient (Wildman–Crippen LogP) is 6.12. The SMILES string of the molecule is CC(C)[C@H]1CC[C@@H](C)C[C@H]1OC(=O)c1ccccc1C(=O)OCC(=O)Nc1ccccc1C(F)(F)F. The molecule has 0 saturated heterocycles. The van der Waals surface area contributed by atoms with Crippen molar-refractivity contribution in [3.63, 3.8) is 0 Å². The molecule has 0 radical (unpaired) electrons. The molecule has 1 aliphatic carbocycles.